The third-order valence-corrected chi connectivity index (χ3v) is 3.35. The minimum atomic E-state index is -2.03. The second kappa shape index (κ2) is 7.29. The molecule has 0 aromatic heterocycles. The van der Waals surface area contributed by atoms with Gasteiger partial charge in [-0.25, -0.2) is 0 Å². The summed E-state index contributed by atoms with van der Waals surface area (Å²) in [5.41, 5.74) is 1.58. The van der Waals surface area contributed by atoms with E-state index in [4.69, 9.17) is 10.5 Å². The number of nitriles is 3. The van der Waals surface area contributed by atoms with Gasteiger partial charge in [-0.15, -0.1) is 0 Å². The van der Waals surface area contributed by atoms with Crippen molar-refractivity contribution < 1.29 is 10.2 Å². The van der Waals surface area contributed by atoms with E-state index in [1.54, 1.807) is 48.5 Å². The van der Waals surface area contributed by atoms with Crippen molar-refractivity contribution in [3.63, 3.8) is 0 Å². The molecule has 0 aliphatic heterocycles. The van der Waals surface area contributed by atoms with Gasteiger partial charge in [-0.3, -0.25) is 0 Å². The van der Waals surface area contributed by atoms with Gasteiger partial charge in [-0.05, 0) is 22.9 Å². The number of hydrogen-bond donors (Lipinski definition) is 3. The molecule has 0 heterocycles. The Kier molecular flexibility index (Phi) is 5.17. The highest BCUT2D eigenvalue weighted by molar-refractivity contribution is 5.77. The number of anilines is 1. The van der Waals surface area contributed by atoms with Crippen molar-refractivity contribution in [2.45, 2.75) is 12.8 Å². The molecule has 0 saturated carbocycles. The number of hydrogen-bond acceptors (Lipinski definition) is 6. The molecule has 6 heteroatoms. The maximum atomic E-state index is 9.47. The molecule has 2 aromatic carbocycles. The summed E-state index contributed by atoms with van der Waals surface area (Å²) in [5.74, 6) is -2.03. The summed E-state index contributed by atoms with van der Waals surface area (Å²) in [5, 5.41) is 49.5. The zero-order valence-electron chi connectivity index (χ0n) is 13.4. The lowest BCUT2D eigenvalue weighted by Gasteiger charge is -2.18. The maximum absolute atomic E-state index is 9.47. The van der Waals surface area contributed by atoms with Crippen molar-refractivity contribution in [1.82, 2.24) is 0 Å². The summed E-state index contributed by atoms with van der Waals surface area (Å²) < 4.78 is 0. The van der Waals surface area contributed by atoms with Crippen molar-refractivity contribution >= 4 is 16.8 Å². The van der Waals surface area contributed by atoms with Crippen LogP contribution in [0.25, 0.3) is 11.1 Å². The molecule has 0 aliphatic carbocycles. The van der Waals surface area contributed by atoms with Crippen LogP contribution in [-0.2, 0) is 0 Å². The van der Waals surface area contributed by atoms with Gasteiger partial charge in [-0.2, -0.15) is 15.8 Å². The van der Waals surface area contributed by atoms with E-state index >= 15 is 0 Å². The Bertz CT molecular complexity index is 988. The van der Waals surface area contributed by atoms with Gasteiger partial charge in [0.1, 0.15) is 23.8 Å². The molecule has 0 aliphatic rings. The Morgan fingerprint density at radius 2 is 1.36 bits per heavy atom. The average molecular weight is 330 g/mol. The molecule has 0 amide bonds. The minimum Gasteiger partial charge on any atom is -0.349 e. The van der Waals surface area contributed by atoms with Crippen LogP contribution in [0.1, 0.15) is 12.5 Å². The molecule has 2 rings (SSSR count). The summed E-state index contributed by atoms with van der Waals surface area (Å²) in [6, 6.07) is 19.0. The first-order chi connectivity index (χ1) is 11.9. The lowest BCUT2D eigenvalue weighted by atomic mass is 10.0. The molecular formula is C19H14N4O2. The standard InChI is InChI=1S/C19H14N4O2/c1-19(24,25)23-17-8-6-15(7-9-17)18(12-22)14-4-2-13(3-5-14)16(10-20)11-21/h2-9,23-25H,1H3. The molecule has 0 spiro atoms. The molecule has 25 heavy (non-hydrogen) atoms. The van der Waals surface area contributed by atoms with Gasteiger partial charge in [-0.1, -0.05) is 36.4 Å². The topological polar surface area (TPSA) is 124 Å². The highest BCUT2D eigenvalue weighted by Gasteiger charge is 2.13. The Morgan fingerprint density at radius 3 is 1.80 bits per heavy atom. The Hall–Kier alpha value is -3.63. The minimum absolute atomic E-state index is 0.0107. The van der Waals surface area contributed by atoms with E-state index in [1.165, 1.54) is 6.92 Å². The van der Waals surface area contributed by atoms with E-state index in [1.807, 2.05) is 12.1 Å². The zero-order chi connectivity index (χ0) is 18.4. The van der Waals surface area contributed by atoms with Gasteiger partial charge < -0.3 is 15.5 Å². The van der Waals surface area contributed by atoms with Crippen LogP contribution >= 0.6 is 0 Å². The first kappa shape index (κ1) is 17.7. The highest BCUT2D eigenvalue weighted by Crippen LogP contribution is 2.17. The van der Waals surface area contributed by atoms with Crippen molar-refractivity contribution in [3.05, 3.63) is 64.5 Å². The lowest BCUT2D eigenvalue weighted by Crippen LogP contribution is -2.33. The molecule has 0 bridgehead atoms. The van der Waals surface area contributed by atoms with Crippen molar-refractivity contribution in [2.24, 2.45) is 0 Å². The van der Waals surface area contributed by atoms with Crippen LogP contribution in [-0.4, -0.2) is 16.1 Å². The second-order valence-corrected chi connectivity index (χ2v) is 5.39. The molecule has 0 saturated heterocycles. The van der Waals surface area contributed by atoms with Crippen molar-refractivity contribution in [3.8, 4) is 18.2 Å². The molecule has 122 valence electrons. The molecule has 6 nitrogen and oxygen atoms in total. The van der Waals surface area contributed by atoms with Crippen LogP contribution in [0.2, 0.25) is 0 Å². The first-order valence-corrected chi connectivity index (χ1v) is 7.26. The molecule has 0 fully saturated rings. The van der Waals surface area contributed by atoms with E-state index in [0.29, 0.717) is 27.3 Å². The highest BCUT2D eigenvalue weighted by atomic mass is 16.5. The SMILES string of the molecule is CC(O)(O)Nc1ccc(C(C#N)=c2ccc(=C(C#N)C#N)cc2)cc1. The first-order valence-electron chi connectivity index (χ1n) is 7.26. The monoisotopic (exact) mass is 330 g/mol. The summed E-state index contributed by atoms with van der Waals surface area (Å²) >= 11 is 0. The number of rotatable bonds is 3. The molecule has 3 N–H and O–H groups in total. The molecule has 0 atom stereocenters. The fourth-order valence-electron chi connectivity index (χ4n) is 2.25. The normalized spacial score (nSPS) is 10.1. The fourth-order valence-corrected chi connectivity index (χ4v) is 2.25. The summed E-state index contributed by atoms with van der Waals surface area (Å²) in [7, 11) is 0. The maximum Gasteiger partial charge on any atom is 0.241 e. The summed E-state index contributed by atoms with van der Waals surface area (Å²) in [4.78, 5) is 0. The van der Waals surface area contributed by atoms with E-state index < -0.39 is 5.91 Å². The van der Waals surface area contributed by atoms with Crippen LogP contribution in [0.15, 0.2) is 48.5 Å². The Labute approximate surface area is 144 Å². The molecule has 0 radical (unpaired) electrons. The van der Waals surface area contributed by atoms with E-state index in [-0.39, 0.29) is 5.57 Å². The van der Waals surface area contributed by atoms with Gasteiger partial charge in [0, 0.05) is 17.8 Å². The van der Waals surface area contributed by atoms with Crippen molar-refractivity contribution in [2.75, 3.05) is 5.32 Å². The van der Waals surface area contributed by atoms with E-state index in [0.717, 1.165) is 0 Å². The largest absolute Gasteiger partial charge is 0.349 e. The molecular weight excluding hydrogens is 316 g/mol. The van der Waals surface area contributed by atoms with Crippen LogP contribution in [0.4, 0.5) is 5.69 Å². The molecule has 2 aromatic rings. The Balaban J connectivity index is 2.49. The fraction of sp³-hybridized carbons (Fsp3) is 0.105. The van der Waals surface area contributed by atoms with Crippen LogP contribution in [0.5, 0.6) is 0 Å². The smallest absolute Gasteiger partial charge is 0.241 e. The number of nitrogens with one attached hydrogen (secondary N) is 1. The van der Waals surface area contributed by atoms with Crippen molar-refractivity contribution in [1.29, 1.82) is 15.8 Å². The third kappa shape index (κ3) is 4.43. The number of aliphatic hydroxyl groups is 2. The van der Waals surface area contributed by atoms with E-state index in [2.05, 4.69) is 11.4 Å². The number of nitrogens with zero attached hydrogens (tertiary/aromatic N) is 3. The quantitative estimate of drug-likeness (QED) is 0.711. The van der Waals surface area contributed by atoms with Gasteiger partial charge in [0.15, 0.2) is 0 Å². The predicted molar refractivity (Wildman–Crippen MR) is 91.4 cm³/mol. The van der Waals surface area contributed by atoms with Gasteiger partial charge in [0.05, 0.1) is 5.57 Å². The number of benzene rings is 2. The van der Waals surface area contributed by atoms with Crippen LogP contribution < -0.4 is 15.8 Å². The van der Waals surface area contributed by atoms with Crippen LogP contribution in [0.3, 0.4) is 0 Å². The van der Waals surface area contributed by atoms with Crippen LogP contribution in [0, 0.1) is 34.0 Å². The second-order valence-electron chi connectivity index (χ2n) is 5.39. The zero-order valence-corrected chi connectivity index (χ0v) is 13.4. The van der Waals surface area contributed by atoms with E-state index in [9.17, 15) is 15.5 Å². The average Bonchev–Trinajstić information content (AvgIpc) is 2.58. The van der Waals surface area contributed by atoms with Gasteiger partial charge in [0.2, 0.25) is 5.91 Å². The van der Waals surface area contributed by atoms with Gasteiger partial charge in [0.25, 0.3) is 0 Å². The predicted octanol–water partition coefficient (Wildman–Crippen LogP) is 0.677. The summed E-state index contributed by atoms with van der Waals surface area (Å²) in [6.45, 7) is 1.20. The van der Waals surface area contributed by atoms with Gasteiger partial charge >= 0.3 is 0 Å². The molecule has 0 unspecified atom stereocenters. The Morgan fingerprint density at radius 1 is 0.840 bits per heavy atom. The third-order valence-electron chi connectivity index (χ3n) is 3.35. The lowest BCUT2D eigenvalue weighted by molar-refractivity contribution is -0.118. The summed E-state index contributed by atoms with van der Waals surface area (Å²) in [6.07, 6.45) is 0.